The summed E-state index contributed by atoms with van der Waals surface area (Å²) in [5.41, 5.74) is 5.20. The summed E-state index contributed by atoms with van der Waals surface area (Å²) < 4.78 is 0. The number of amides is 1. The van der Waals surface area contributed by atoms with Crippen LogP contribution in [-0.4, -0.2) is 11.4 Å². The number of carbonyl (C=O) groups excluding carboxylic acids is 1. The van der Waals surface area contributed by atoms with Gasteiger partial charge >= 0.3 is 0 Å². The molecule has 1 aromatic rings. The van der Waals surface area contributed by atoms with E-state index in [1.807, 2.05) is 6.07 Å². The fraction of sp³-hybridized carbons (Fsp3) is 0.667. The van der Waals surface area contributed by atoms with Crippen LogP contribution in [-0.2, 0) is 11.3 Å². The summed E-state index contributed by atoms with van der Waals surface area (Å²) in [6, 6.07) is 4.13. The van der Waals surface area contributed by atoms with Gasteiger partial charge in [-0.25, -0.2) is 0 Å². The molecule has 2 unspecified atom stereocenters. The number of hydrogen-bond donors (Lipinski definition) is 2. The van der Waals surface area contributed by atoms with E-state index in [2.05, 4.69) is 30.6 Å². The highest BCUT2D eigenvalue weighted by atomic mass is 32.1. The van der Waals surface area contributed by atoms with Crippen LogP contribution in [0.3, 0.4) is 0 Å². The van der Waals surface area contributed by atoms with E-state index in [0.717, 1.165) is 25.8 Å². The molecule has 1 heterocycles. The van der Waals surface area contributed by atoms with Crippen LogP contribution in [0.5, 0.6) is 0 Å². The van der Waals surface area contributed by atoms with Crippen molar-refractivity contribution in [2.45, 2.75) is 51.6 Å². The zero-order valence-electron chi connectivity index (χ0n) is 11.8. The SMILES string of the molecule is CC(C)C1CCCC(NCc2cccs2)(C(N)=O)C1. The minimum Gasteiger partial charge on any atom is -0.368 e. The van der Waals surface area contributed by atoms with Crippen molar-refractivity contribution in [3.8, 4) is 0 Å². The number of carbonyl (C=O) groups is 1. The first-order valence-corrected chi connectivity index (χ1v) is 7.99. The number of thiophene rings is 1. The zero-order chi connectivity index (χ0) is 13.9. The van der Waals surface area contributed by atoms with E-state index in [9.17, 15) is 4.79 Å². The van der Waals surface area contributed by atoms with Gasteiger partial charge in [-0.15, -0.1) is 11.3 Å². The molecule has 0 bridgehead atoms. The summed E-state index contributed by atoms with van der Waals surface area (Å²) in [4.78, 5) is 13.2. The van der Waals surface area contributed by atoms with Crippen LogP contribution in [0.2, 0.25) is 0 Å². The highest BCUT2D eigenvalue weighted by Crippen LogP contribution is 2.36. The lowest BCUT2D eigenvalue weighted by molar-refractivity contribution is -0.126. The second-order valence-corrected chi connectivity index (χ2v) is 7.01. The Bertz CT molecular complexity index is 416. The zero-order valence-corrected chi connectivity index (χ0v) is 12.6. The molecule has 1 aromatic heterocycles. The van der Waals surface area contributed by atoms with E-state index in [0.29, 0.717) is 11.8 Å². The van der Waals surface area contributed by atoms with Gasteiger partial charge < -0.3 is 5.73 Å². The standard InChI is InChI=1S/C15H24N2OS/c1-11(2)12-5-3-7-15(9-12,14(16)18)17-10-13-6-4-8-19-13/h4,6,8,11-12,17H,3,5,7,9-10H2,1-2H3,(H2,16,18). The molecular formula is C15H24N2OS. The van der Waals surface area contributed by atoms with Crippen molar-refractivity contribution in [3.63, 3.8) is 0 Å². The normalized spacial score (nSPS) is 27.6. The molecule has 0 aliphatic heterocycles. The molecule has 1 amide bonds. The number of nitrogens with two attached hydrogens (primary N) is 1. The number of primary amides is 1. The lowest BCUT2D eigenvalue weighted by atomic mass is 9.71. The molecule has 2 atom stereocenters. The first kappa shape index (κ1) is 14.5. The third-order valence-electron chi connectivity index (χ3n) is 4.38. The van der Waals surface area contributed by atoms with Gasteiger partial charge in [-0.2, -0.15) is 0 Å². The fourth-order valence-electron chi connectivity index (χ4n) is 3.03. The monoisotopic (exact) mass is 280 g/mol. The van der Waals surface area contributed by atoms with Gasteiger partial charge in [-0.3, -0.25) is 10.1 Å². The third kappa shape index (κ3) is 3.37. The molecule has 1 aliphatic rings. The van der Waals surface area contributed by atoms with Gasteiger partial charge in [-0.05, 0) is 36.1 Å². The van der Waals surface area contributed by atoms with Gasteiger partial charge in [-0.1, -0.05) is 32.8 Å². The van der Waals surface area contributed by atoms with Crippen molar-refractivity contribution in [2.75, 3.05) is 0 Å². The maximum Gasteiger partial charge on any atom is 0.237 e. The number of rotatable bonds is 5. The van der Waals surface area contributed by atoms with Gasteiger partial charge in [0.05, 0.1) is 5.54 Å². The Balaban J connectivity index is 2.06. The molecule has 0 radical (unpaired) electrons. The fourth-order valence-corrected chi connectivity index (χ4v) is 3.67. The molecule has 0 aromatic carbocycles. The molecular weight excluding hydrogens is 256 g/mol. The Kier molecular flexibility index (Phi) is 4.63. The van der Waals surface area contributed by atoms with Crippen molar-refractivity contribution in [1.82, 2.24) is 5.32 Å². The Hall–Kier alpha value is -0.870. The Morgan fingerprint density at radius 3 is 3.00 bits per heavy atom. The predicted octanol–water partition coefficient (Wildman–Crippen LogP) is 2.91. The molecule has 2 rings (SSSR count). The molecule has 1 saturated carbocycles. The van der Waals surface area contributed by atoms with Crippen LogP contribution >= 0.6 is 11.3 Å². The van der Waals surface area contributed by atoms with Gasteiger partial charge in [0.25, 0.3) is 0 Å². The first-order valence-electron chi connectivity index (χ1n) is 7.11. The summed E-state index contributed by atoms with van der Waals surface area (Å²) in [5.74, 6) is 1.02. The summed E-state index contributed by atoms with van der Waals surface area (Å²) in [6.45, 7) is 5.22. The van der Waals surface area contributed by atoms with E-state index >= 15 is 0 Å². The van der Waals surface area contributed by atoms with Gasteiger partial charge in [0.2, 0.25) is 5.91 Å². The van der Waals surface area contributed by atoms with Crippen LogP contribution in [0.4, 0.5) is 0 Å². The van der Waals surface area contributed by atoms with Crippen molar-refractivity contribution in [1.29, 1.82) is 0 Å². The van der Waals surface area contributed by atoms with Crippen LogP contribution in [0.1, 0.15) is 44.4 Å². The van der Waals surface area contributed by atoms with Crippen molar-refractivity contribution < 1.29 is 4.79 Å². The first-order chi connectivity index (χ1) is 9.03. The Morgan fingerprint density at radius 2 is 2.42 bits per heavy atom. The molecule has 4 heteroatoms. The summed E-state index contributed by atoms with van der Waals surface area (Å²) in [5, 5.41) is 5.52. The summed E-state index contributed by atoms with van der Waals surface area (Å²) >= 11 is 1.71. The van der Waals surface area contributed by atoms with Crippen molar-refractivity contribution in [2.24, 2.45) is 17.6 Å². The summed E-state index contributed by atoms with van der Waals surface area (Å²) in [7, 11) is 0. The molecule has 3 N–H and O–H groups in total. The second kappa shape index (κ2) is 6.06. The van der Waals surface area contributed by atoms with Crippen LogP contribution in [0.25, 0.3) is 0 Å². The van der Waals surface area contributed by atoms with Crippen LogP contribution < -0.4 is 11.1 Å². The molecule has 106 valence electrons. The lowest BCUT2D eigenvalue weighted by Gasteiger charge is -2.40. The average Bonchev–Trinajstić information content (AvgIpc) is 2.89. The lowest BCUT2D eigenvalue weighted by Crippen LogP contribution is -2.57. The topological polar surface area (TPSA) is 55.1 Å². The molecule has 1 aliphatic carbocycles. The van der Waals surface area contributed by atoms with Crippen LogP contribution in [0.15, 0.2) is 17.5 Å². The van der Waals surface area contributed by atoms with Gasteiger partial charge in [0.15, 0.2) is 0 Å². The summed E-state index contributed by atoms with van der Waals surface area (Å²) in [6.07, 6.45) is 4.05. The smallest absolute Gasteiger partial charge is 0.237 e. The van der Waals surface area contributed by atoms with Crippen molar-refractivity contribution in [3.05, 3.63) is 22.4 Å². The van der Waals surface area contributed by atoms with Gasteiger partial charge in [0.1, 0.15) is 0 Å². The maximum atomic E-state index is 12.0. The van der Waals surface area contributed by atoms with E-state index in [1.54, 1.807) is 11.3 Å². The minimum absolute atomic E-state index is 0.186. The van der Waals surface area contributed by atoms with Gasteiger partial charge in [0, 0.05) is 11.4 Å². The van der Waals surface area contributed by atoms with E-state index in [-0.39, 0.29) is 5.91 Å². The maximum absolute atomic E-state index is 12.0. The van der Waals surface area contributed by atoms with Crippen LogP contribution in [0, 0.1) is 11.8 Å². The van der Waals surface area contributed by atoms with Crippen molar-refractivity contribution >= 4 is 17.2 Å². The quantitative estimate of drug-likeness (QED) is 0.871. The Morgan fingerprint density at radius 1 is 1.63 bits per heavy atom. The molecule has 3 nitrogen and oxygen atoms in total. The second-order valence-electron chi connectivity index (χ2n) is 5.98. The third-order valence-corrected chi connectivity index (χ3v) is 5.26. The van der Waals surface area contributed by atoms with E-state index < -0.39 is 5.54 Å². The highest BCUT2D eigenvalue weighted by Gasteiger charge is 2.41. The largest absolute Gasteiger partial charge is 0.368 e. The van der Waals surface area contributed by atoms with E-state index in [4.69, 9.17) is 5.73 Å². The highest BCUT2D eigenvalue weighted by molar-refractivity contribution is 7.09. The molecule has 0 spiro atoms. The molecule has 1 fully saturated rings. The average molecular weight is 280 g/mol. The minimum atomic E-state index is -0.503. The molecule has 0 saturated heterocycles. The molecule has 19 heavy (non-hydrogen) atoms. The number of nitrogens with one attached hydrogen (secondary N) is 1. The predicted molar refractivity (Wildman–Crippen MR) is 79.9 cm³/mol. The Labute approximate surface area is 119 Å². The number of hydrogen-bond acceptors (Lipinski definition) is 3. The van der Waals surface area contributed by atoms with E-state index in [1.165, 1.54) is 11.3 Å².